The maximum atomic E-state index is 12.2. The maximum absolute atomic E-state index is 12.2. The Bertz CT molecular complexity index is 393. The molecule has 0 aromatic heterocycles. The highest BCUT2D eigenvalue weighted by Gasteiger charge is 2.26. The first kappa shape index (κ1) is 16.2. The molecule has 2 N–H and O–H groups in total. The van der Waals surface area contributed by atoms with E-state index in [4.69, 9.17) is 0 Å². The van der Waals surface area contributed by atoms with Crippen molar-refractivity contribution in [3.63, 3.8) is 0 Å². The number of piperidine rings is 2. The maximum Gasteiger partial charge on any atom is 0.211 e. The highest BCUT2D eigenvalue weighted by atomic mass is 32.2. The van der Waals surface area contributed by atoms with Crippen LogP contribution in [-0.2, 0) is 10.0 Å². The summed E-state index contributed by atoms with van der Waals surface area (Å²) in [6, 6.07) is 0.957. The van der Waals surface area contributed by atoms with Crippen LogP contribution < -0.4 is 10.0 Å². The van der Waals surface area contributed by atoms with Crippen molar-refractivity contribution in [1.82, 2.24) is 14.9 Å². The van der Waals surface area contributed by atoms with E-state index in [0.29, 0.717) is 12.1 Å². The Morgan fingerprint density at radius 3 is 2.75 bits per heavy atom. The van der Waals surface area contributed by atoms with Crippen LogP contribution in [0, 0.1) is 0 Å². The van der Waals surface area contributed by atoms with Crippen molar-refractivity contribution < 1.29 is 8.42 Å². The standard InChI is InChI=1S/C14H29N3O2S/c1-12-11-14(6-9-17(12)2)16-20(18,19)10-7-13-5-3-4-8-15-13/h12-16H,3-11H2,1-2H3. The van der Waals surface area contributed by atoms with Gasteiger partial charge in [0.05, 0.1) is 5.75 Å². The SMILES string of the molecule is CC1CC(NS(=O)(=O)CCC2CCCCN2)CCN1C. The van der Waals surface area contributed by atoms with Crippen molar-refractivity contribution in [3.05, 3.63) is 0 Å². The first-order chi connectivity index (χ1) is 9.46. The van der Waals surface area contributed by atoms with Gasteiger partial charge in [0.1, 0.15) is 0 Å². The molecular formula is C14H29N3O2S. The fourth-order valence-corrected chi connectivity index (χ4v) is 4.61. The van der Waals surface area contributed by atoms with E-state index in [1.165, 1.54) is 12.8 Å². The molecule has 2 aliphatic rings. The van der Waals surface area contributed by atoms with Gasteiger partial charge in [-0.2, -0.15) is 0 Å². The fraction of sp³-hybridized carbons (Fsp3) is 1.00. The summed E-state index contributed by atoms with van der Waals surface area (Å²) in [4.78, 5) is 2.29. The van der Waals surface area contributed by atoms with Crippen LogP contribution in [0.5, 0.6) is 0 Å². The predicted octanol–water partition coefficient (Wildman–Crippen LogP) is 0.921. The Balaban J connectivity index is 1.75. The average molecular weight is 303 g/mol. The molecule has 3 atom stereocenters. The summed E-state index contributed by atoms with van der Waals surface area (Å²) in [5.74, 6) is 0.255. The van der Waals surface area contributed by atoms with Gasteiger partial charge in [-0.05, 0) is 59.2 Å². The number of nitrogens with one attached hydrogen (secondary N) is 2. The Kier molecular flexibility index (Phi) is 5.84. The highest BCUT2D eigenvalue weighted by molar-refractivity contribution is 7.89. The molecule has 2 rings (SSSR count). The molecular weight excluding hydrogens is 274 g/mol. The van der Waals surface area contributed by atoms with Gasteiger partial charge < -0.3 is 10.2 Å². The summed E-state index contributed by atoms with van der Waals surface area (Å²) in [5, 5.41) is 3.41. The van der Waals surface area contributed by atoms with Gasteiger partial charge in [-0.3, -0.25) is 0 Å². The summed E-state index contributed by atoms with van der Waals surface area (Å²) >= 11 is 0. The molecule has 0 aliphatic carbocycles. The second-order valence-electron chi connectivity index (χ2n) is 6.42. The van der Waals surface area contributed by atoms with E-state index in [1.807, 2.05) is 0 Å². The van der Waals surface area contributed by atoms with Crippen molar-refractivity contribution in [2.75, 3.05) is 25.9 Å². The lowest BCUT2D eigenvalue weighted by molar-refractivity contribution is 0.178. The summed E-state index contributed by atoms with van der Waals surface area (Å²) in [7, 11) is -1.03. The smallest absolute Gasteiger partial charge is 0.211 e. The third-order valence-electron chi connectivity index (χ3n) is 4.70. The van der Waals surface area contributed by atoms with Gasteiger partial charge in [0.25, 0.3) is 0 Å². The molecule has 0 bridgehead atoms. The predicted molar refractivity (Wildman–Crippen MR) is 82.3 cm³/mol. The van der Waals surface area contributed by atoms with Gasteiger partial charge in [0, 0.05) is 18.1 Å². The molecule has 0 saturated carbocycles. The van der Waals surface area contributed by atoms with E-state index in [2.05, 4.69) is 28.9 Å². The van der Waals surface area contributed by atoms with Crippen LogP contribution in [0.3, 0.4) is 0 Å². The number of hydrogen-bond donors (Lipinski definition) is 2. The van der Waals surface area contributed by atoms with E-state index < -0.39 is 10.0 Å². The zero-order chi connectivity index (χ0) is 14.6. The minimum Gasteiger partial charge on any atom is -0.314 e. The van der Waals surface area contributed by atoms with Crippen molar-refractivity contribution in [2.45, 2.75) is 63.6 Å². The molecule has 2 heterocycles. The lowest BCUT2D eigenvalue weighted by Gasteiger charge is -2.35. The third kappa shape index (κ3) is 4.98. The topological polar surface area (TPSA) is 61.4 Å². The fourth-order valence-electron chi connectivity index (χ4n) is 3.18. The van der Waals surface area contributed by atoms with Gasteiger partial charge >= 0.3 is 0 Å². The largest absolute Gasteiger partial charge is 0.314 e. The quantitative estimate of drug-likeness (QED) is 0.793. The first-order valence-corrected chi connectivity index (χ1v) is 9.55. The van der Waals surface area contributed by atoms with Gasteiger partial charge in [-0.15, -0.1) is 0 Å². The molecule has 0 amide bonds. The number of likely N-dealkylation sites (tertiary alicyclic amines) is 1. The van der Waals surface area contributed by atoms with Crippen LogP contribution in [0.1, 0.15) is 45.4 Å². The average Bonchev–Trinajstić information content (AvgIpc) is 2.42. The summed E-state index contributed by atoms with van der Waals surface area (Å²) in [5.41, 5.74) is 0. The summed E-state index contributed by atoms with van der Waals surface area (Å²) in [6.07, 6.45) is 6.12. The molecule has 3 unspecified atom stereocenters. The molecule has 2 fully saturated rings. The van der Waals surface area contributed by atoms with Crippen LogP contribution in [0.25, 0.3) is 0 Å². The third-order valence-corrected chi connectivity index (χ3v) is 6.17. The molecule has 0 aromatic carbocycles. The van der Waals surface area contributed by atoms with Crippen LogP contribution in [0.2, 0.25) is 0 Å². The Hall–Kier alpha value is -0.170. The van der Waals surface area contributed by atoms with Gasteiger partial charge in [-0.1, -0.05) is 6.42 Å². The van der Waals surface area contributed by atoms with Gasteiger partial charge in [0.2, 0.25) is 10.0 Å². The number of rotatable bonds is 5. The molecule has 0 radical (unpaired) electrons. The lowest BCUT2D eigenvalue weighted by Crippen LogP contribution is -2.48. The van der Waals surface area contributed by atoms with Gasteiger partial charge in [-0.25, -0.2) is 13.1 Å². The Labute approximate surface area is 123 Å². The van der Waals surface area contributed by atoms with Crippen LogP contribution in [0.15, 0.2) is 0 Å². The zero-order valence-electron chi connectivity index (χ0n) is 12.8. The van der Waals surface area contributed by atoms with Crippen LogP contribution >= 0.6 is 0 Å². The van der Waals surface area contributed by atoms with Crippen LogP contribution in [0.4, 0.5) is 0 Å². The lowest BCUT2D eigenvalue weighted by atomic mass is 10.0. The molecule has 118 valence electrons. The second-order valence-corrected chi connectivity index (χ2v) is 8.30. The van der Waals surface area contributed by atoms with Crippen molar-refractivity contribution in [1.29, 1.82) is 0 Å². The van der Waals surface area contributed by atoms with E-state index in [9.17, 15) is 8.42 Å². The number of nitrogens with zero attached hydrogens (tertiary/aromatic N) is 1. The first-order valence-electron chi connectivity index (χ1n) is 7.90. The minimum absolute atomic E-state index is 0.116. The van der Waals surface area contributed by atoms with Crippen LogP contribution in [-0.4, -0.2) is 57.3 Å². The van der Waals surface area contributed by atoms with Crippen molar-refractivity contribution in [3.8, 4) is 0 Å². The minimum atomic E-state index is -3.13. The normalized spacial score (nSPS) is 33.2. The van der Waals surface area contributed by atoms with Crippen molar-refractivity contribution >= 4 is 10.0 Å². The molecule has 20 heavy (non-hydrogen) atoms. The number of hydrogen-bond acceptors (Lipinski definition) is 4. The second kappa shape index (κ2) is 7.20. The molecule has 0 spiro atoms. The van der Waals surface area contributed by atoms with E-state index in [0.717, 1.165) is 38.8 Å². The monoisotopic (exact) mass is 303 g/mol. The van der Waals surface area contributed by atoms with E-state index >= 15 is 0 Å². The Morgan fingerprint density at radius 2 is 2.10 bits per heavy atom. The summed E-state index contributed by atoms with van der Waals surface area (Å²) in [6.45, 7) is 4.16. The van der Waals surface area contributed by atoms with E-state index in [1.54, 1.807) is 0 Å². The molecule has 6 heteroatoms. The Morgan fingerprint density at radius 1 is 1.30 bits per heavy atom. The molecule has 5 nitrogen and oxygen atoms in total. The highest BCUT2D eigenvalue weighted by Crippen LogP contribution is 2.17. The van der Waals surface area contributed by atoms with Gasteiger partial charge in [0.15, 0.2) is 0 Å². The zero-order valence-corrected chi connectivity index (χ0v) is 13.6. The summed E-state index contributed by atoms with van der Waals surface area (Å²) < 4.78 is 27.3. The molecule has 0 aromatic rings. The number of sulfonamides is 1. The molecule has 2 aliphatic heterocycles. The molecule has 2 saturated heterocycles. The van der Waals surface area contributed by atoms with E-state index in [-0.39, 0.29) is 11.8 Å². The van der Waals surface area contributed by atoms with Crippen molar-refractivity contribution in [2.24, 2.45) is 0 Å².